The van der Waals surface area contributed by atoms with Gasteiger partial charge in [0.2, 0.25) is 0 Å². The Labute approximate surface area is 244 Å². The second kappa shape index (κ2) is 11.0. The molecule has 2 aliphatic rings. The van der Waals surface area contributed by atoms with Gasteiger partial charge in [-0.25, -0.2) is 18.6 Å². The summed E-state index contributed by atoms with van der Waals surface area (Å²) in [6, 6.07) is 2.68. The van der Waals surface area contributed by atoms with Gasteiger partial charge >= 0.3 is 6.03 Å². The number of ether oxygens (including phenoxy) is 3. The number of carbonyl (C=O) groups is 1. The van der Waals surface area contributed by atoms with E-state index < -0.39 is 34.0 Å². The maximum Gasteiger partial charge on any atom is 0.329 e. The second-order valence-corrected chi connectivity index (χ2v) is 12.5. The van der Waals surface area contributed by atoms with Crippen molar-refractivity contribution in [2.24, 2.45) is 0 Å². The van der Waals surface area contributed by atoms with Gasteiger partial charge in [0.05, 0.1) is 25.4 Å². The van der Waals surface area contributed by atoms with Crippen LogP contribution in [-0.2, 0) is 17.8 Å². The third kappa shape index (κ3) is 6.11. The molecule has 2 aromatic heterocycles. The molecule has 0 bridgehead atoms. The molecule has 1 N–H and O–H groups in total. The van der Waals surface area contributed by atoms with E-state index in [1.54, 1.807) is 53.3 Å². The minimum atomic E-state index is -0.963. The zero-order valence-corrected chi connectivity index (χ0v) is 24.9. The van der Waals surface area contributed by atoms with E-state index >= 15 is 8.78 Å². The lowest BCUT2D eigenvalue weighted by molar-refractivity contribution is 0.0337. The number of benzene rings is 1. The Morgan fingerprint density at radius 1 is 1.00 bits per heavy atom. The molecule has 5 rings (SSSR count). The van der Waals surface area contributed by atoms with Crippen molar-refractivity contribution in [3.05, 3.63) is 41.2 Å². The highest BCUT2D eigenvalue weighted by Crippen LogP contribution is 2.43. The average molecular weight is 558 g/mol. The van der Waals surface area contributed by atoms with E-state index in [1.165, 1.54) is 11.0 Å². The summed E-state index contributed by atoms with van der Waals surface area (Å²) < 4.78 is 49.3. The minimum Gasteiger partial charge on any atom is -0.511 e. The van der Waals surface area contributed by atoms with E-state index in [9.17, 15) is 4.79 Å². The van der Waals surface area contributed by atoms with Crippen molar-refractivity contribution in [1.82, 2.24) is 14.9 Å². The lowest BCUT2D eigenvalue weighted by Gasteiger charge is -2.37. The highest BCUT2D eigenvalue weighted by Gasteiger charge is 2.38. The summed E-state index contributed by atoms with van der Waals surface area (Å²) in [5.74, 6) is -2.31. The van der Waals surface area contributed by atoms with Gasteiger partial charge in [0.1, 0.15) is 58.4 Å². The van der Waals surface area contributed by atoms with Crippen LogP contribution >= 0.6 is 0 Å². The fourth-order valence-electron chi connectivity index (χ4n) is 5.25. The molecule has 17 heteroatoms. The van der Waals surface area contributed by atoms with Crippen molar-refractivity contribution in [3.8, 4) is 11.5 Å². The first-order valence-corrected chi connectivity index (χ1v) is 14.0. The molecule has 1 fully saturated rings. The molecule has 1 aromatic carbocycles. The lowest BCUT2D eigenvalue weighted by Crippen LogP contribution is -2.48. The van der Waals surface area contributed by atoms with Crippen molar-refractivity contribution in [1.29, 1.82) is 0 Å². The van der Waals surface area contributed by atoms with Crippen LogP contribution in [0.15, 0.2) is 18.3 Å². The van der Waals surface area contributed by atoms with E-state index in [1.807, 2.05) is 13.0 Å². The molecule has 0 saturated carbocycles. The van der Waals surface area contributed by atoms with Gasteiger partial charge in [0.15, 0.2) is 23.1 Å². The predicted octanol–water partition coefficient (Wildman–Crippen LogP) is -2.58. The molecule has 210 valence electrons. The molecule has 2 aliphatic heterocycles. The number of urea groups is 1. The Hall–Kier alpha value is -3.05. The standard InChI is InChI=1S/C24H33B6F2N5O4/c1-2-36-19-12(9-33-21-14(19)7-13(34-21)11-35-3-5-39-6-4-35)10-37(22(36)38)20-17(31)15(40-23(25,26)27)8-16(18(20)32)41-24(28,29)30/h7-9H,2-6,10-11,25-30H2,1H3,(H,33,34). The maximum atomic E-state index is 16.1. The first-order valence-electron chi connectivity index (χ1n) is 14.0. The van der Waals surface area contributed by atoms with Crippen molar-refractivity contribution < 1.29 is 27.8 Å². The van der Waals surface area contributed by atoms with Crippen molar-refractivity contribution >= 4 is 75.5 Å². The molecule has 1 saturated heterocycles. The van der Waals surface area contributed by atoms with E-state index in [0.29, 0.717) is 36.7 Å². The Morgan fingerprint density at radius 3 is 2.17 bits per heavy atom. The van der Waals surface area contributed by atoms with Crippen LogP contribution in [-0.4, -0.2) is 111 Å². The number of carbonyl (C=O) groups excluding carboxylic acids is 1. The molecule has 9 nitrogen and oxygen atoms in total. The molecule has 4 heterocycles. The van der Waals surface area contributed by atoms with Crippen molar-refractivity contribution in [3.63, 3.8) is 0 Å². The van der Waals surface area contributed by atoms with E-state index in [-0.39, 0.29) is 24.6 Å². The Balaban J connectivity index is 1.58. The minimum absolute atomic E-state index is 0.0701. The number of pyridine rings is 1. The highest BCUT2D eigenvalue weighted by atomic mass is 19.1. The molecule has 3 aromatic rings. The molecular weight excluding hydrogens is 525 g/mol. The summed E-state index contributed by atoms with van der Waals surface area (Å²) in [5, 5.41) is -0.750. The largest absolute Gasteiger partial charge is 0.511 e. The fraction of sp³-hybridized carbons (Fsp3) is 0.417. The van der Waals surface area contributed by atoms with Gasteiger partial charge in [-0.1, -0.05) is 0 Å². The summed E-state index contributed by atoms with van der Waals surface area (Å²) in [7, 11) is 10.6. The first kappa shape index (κ1) is 29.4. The van der Waals surface area contributed by atoms with Gasteiger partial charge in [-0.05, 0) is 13.0 Å². The molecule has 0 aliphatic carbocycles. The average Bonchev–Trinajstić information content (AvgIpc) is 3.29. The van der Waals surface area contributed by atoms with Crippen LogP contribution in [0.1, 0.15) is 18.2 Å². The molecular formula is C24H33B6F2N5O4. The SMILES string of the molecule is BC(B)(B)Oc1cc(OC(B)(B)B)c(F)c(N2Cc3cnc4[nH]c(CN5CCOCC5)cc4c3N(CC)C2=O)c1F. The number of rotatable bonds is 8. The zero-order chi connectivity index (χ0) is 29.7. The van der Waals surface area contributed by atoms with Crippen LogP contribution < -0.4 is 19.3 Å². The number of halogens is 2. The van der Waals surface area contributed by atoms with Crippen LogP contribution in [0.4, 0.5) is 25.0 Å². The van der Waals surface area contributed by atoms with E-state index in [0.717, 1.165) is 29.1 Å². The summed E-state index contributed by atoms with van der Waals surface area (Å²) in [6.45, 7) is 5.82. The monoisotopic (exact) mass is 559 g/mol. The number of aromatic amines is 1. The maximum absolute atomic E-state index is 16.1. The third-order valence-electron chi connectivity index (χ3n) is 6.85. The highest BCUT2D eigenvalue weighted by molar-refractivity contribution is 6.58. The summed E-state index contributed by atoms with van der Waals surface area (Å²) in [6.07, 6.45) is 1.66. The molecule has 0 atom stereocenters. The van der Waals surface area contributed by atoms with Crippen molar-refractivity contribution in [2.75, 3.05) is 42.6 Å². The number of nitrogens with zero attached hydrogens (tertiary/aromatic N) is 4. The lowest BCUT2D eigenvalue weighted by atomic mass is 9.52. The van der Waals surface area contributed by atoms with Crippen LogP contribution in [0.25, 0.3) is 11.0 Å². The number of hydrogen-bond donors (Lipinski definition) is 1. The summed E-state index contributed by atoms with van der Waals surface area (Å²) in [5.41, 5.74) is 2.49. The van der Waals surface area contributed by atoms with Crippen molar-refractivity contribution in [2.45, 2.75) is 30.6 Å². The molecule has 0 radical (unpaired) electrons. The van der Waals surface area contributed by atoms with Crippen LogP contribution in [0.3, 0.4) is 0 Å². The fourth-order valence-corrected chi connectivity index (χ4v) is 5.25. The predicted molar refractivity (Wildman–Crippen MR) is 171 cm³/mol. The number of aromatic nitrogens is 2. The van der Waals surface area contributed by atoms with Gasteiger partial charge in [-0.15, -0.1) is 0 Å². The number of H-pyrrole nitrogens is 1. The van der Waals surface area contributed by atoms with Crippen LogP contribution in [0, 0.1) is 11.6 Å². The second-order valence-electron chi connectivity index (χ2n) is 12.5. The third-order valence-corrected chi connectivity index (χ3v) is 6.85. The van der Waals surface area contributed by atoms with Gasteiger partial charge in [0.25, 0.3) is 0 Å². The summed E-state index contributed by atoms with van der Waals surface area (Å²) >= 11 is 0. The quantitative estimate of drug-likeness (QED) is 0.306. The number of amides is 2. The van der Waals surface area contributed by atoms with Crippen LogP contribution in [0.2, 0.25) is 0 Å². The first-order chi connectivity index (χ1) is 19.3. The number of hydrogen-bond acceptors (Lipinski definition) is 6. The number of nitrogens with one attached hydrogen (secondary N) is 1. The number of morpholine rings is 1. The Kier molecular flexibility index (Phi) is 7.88. The Morgan fingerprint density at radius 2 is 1.61 bits per heavy atom. The van der Waals surface area contributed by atoms with Gasteiger partial charge < -0.3 is 19.2 Å². The molecule has 2 amide bonds. The van der Waals surface area contributed by atoms with Gasteiger partial charge in [-0.2, -0.15) is 0 Å². The summed E-state index contributed by atoms with van der Waals surface area (Å²) in [4.78, 5) is 26.9. The normalized spacial score (nSPS) is 16.7. The number of fused-ring (bicyclic) bond motifs is 3. The topological polar surface area (TPSA) is 83.2 Å². The van der Waals surface area contributed by atoms with E-state index in [2.05, 4.69) is 14.9 Å². The molecule has 0 spiro atoms. The van der Waals surface area contributed by atoms with Gasteiger partial charge in [0, 0.05) is 65.7 Å². The molecule has 41 heavy (non-hydrogen) atoms. The van der Waals surface area contributed by atoms with E-state index in [4.69, 9.17) is 14.2 Å². The Bertz CT molecular complexity index is 1440. The molecule has 0 unspecified atom stereocenters. The van der Waals surface area contributed by atoms with Crippen LogP contribution in [0.5, 0.6) is 11.5 Å². The number of anilines is 2. The van der Waals surface area contributed by atoms with Gasteiger partial charge in [-0.3, -0.25) is 14.7 Å². The zero-order valence-electron chi connectivity index (χ0n) is 24.9. The smallest absolute Gasteiger partial charge is 0.329 e.